The highest BCUT2D eigenvalue weighted by Crippen LogP contribution is 2.30. The number of urea groups is 1. The van der Waals surface area contributed by atoms with E-state index in [1.165, 1.54) is 7.11 Å². The average Bonchev–Trinajstić information content (AvgIpc) is 3.28. The minimum atomic E-state index is -0.723. The van der Waals surface area contributed by atoms with E-state index in [1.54, 1.807) is 30.2 Å². The van der Waals surface area contributed by atoms with Crippen molar-refractivity contribution in [2.75, 3.05) is 31.0 Å². The van der Waals surface area contributed by atoms with Crippen LogP contribution >= 0.6 is 0 Å². The summed E-state index contributed by atoms with van der Waals surface area (Å²) >= 11 is 0. The first kappa shape index (κ1) is 22.2. The van der Waals surface area contributed by atoms with E-state index in [0.717, 1.165) is 23.2 Å². The molecule has 7 nitrogen and oxygen atoms in total. The highest BCUT2D eigenvalue weighted by molar-refractivity contribution is 6.02. The molecule has 7 heteroatoms. The molecule has 1 aliphatic heterocycles. The molecule has 1 atom stereocenters. The molecule has 170 valence electrons. The van der Waals surface area contributed by atoms with Gasteiger partial charge in [0.2, 0.25) is 5.91 Å². The molecule has 33 heavy (non-hydrogen) atoms. The van der Waals surface area contributed by atoms with Crippen LogP contribution in [0.4, 0.5) is 16.2 Å². The monoisotopic (exact) mass is 445 g/mol. The minimum absolute atomic E-state index is 0.133. The molecule has 0 saturated carbocycles. The Labute approximate surface area is 193 Å². The third-order valence-corrected chi connectivity index (χ3v) is 5.68. The molecule has 0 fully saturated rings. The van der Waals surface area contributed by atoms with Crippen LogP contribution in [0, 0.1) is 0 Å². The van der Waals surface area contributed by atoms with Crippen molar-refractivity contribution in [3.63, 3.8) is 0 Å². The van der Waals surface area contributed by atoms with Gasteiger partial charge in [0.25, 0.3) is 0 Å². The second kappa shape index (κ2) is 10.1. The number of carbonyl (C=O) groups is 2. The summed E-state index contributed by atoms with van der Waals surface area (Å²) in [6.07, 6.45) is 1.19. The van der Waals surface area contributed by atoms with Crippen LogP contribution in [0.15, 0.2) is 72.8 Å². The highest BCUT2D eigenvalue weighted by atomic mass is 16.5. The van der Waals surface area contributed by atoms with Gasteiger partial charge in [0.05, 0.1) is 14.2 Å². The van der Waals surface area contributed by atoms with Gasteiger partial charge in [-0.1, -0.05) is 48.5 Å². The van der Waals surface area contributed by atoms with E-state index in [0.29, 0.717) is 30.2 Å². The van der Waals surface area contributed by atoms with Crippen molar-refractivity contribution >= 4 is 23.3 Å². The first-order valence-electron chi connectivity index (χ1n) is 10.8. The lowest BCUT2D eigenvalue weighted by Gasteiger charge is -2.25. The Bertz CT molecular complexity index is 1130. The van der Waals surface area contributed by atoms with Gasteiger partial charge in [-0.25, -0.2) is 4.79 Å². The van der Waals surface area contributed by atoms with E-state index in [2.05, 4.69) is 10.6 Å². The Hall–Kier alpha value is -4.00. The molecule has 3 amide bonds. The SMILES string of the molecule is COc1ccc(NC(=O)N[C@H](Cc2ccccc2)C(=O)N2CCc3ccccc32)cc1OC. The quantitative estimate of drug-likeness (QED) is 0.576. The fourth-order valence-corrected chi connectivity index (χ4v) is 4.04. The van der Waals surface area contributed by atoms with Gasteiger partial charge in [0.1, 0.15) is 6.04 Å². The molecule has 0 unspecified atom stereocenters. The normalized spacial score (nSPS) is 13.1. The summed E-state index contributed by atoms with van der Waals surface area (Å²) in [5, 5.41) is 5.67. The molecule has 1 aliphatic rings. The molecule has 0 saturated heterocycles. The largest absolute Gasteiger partial charge is 0.493 e. The maximum Gasteiger partial charge on any atom is 0.319 e. The molecule has 3 aromatic rings. The predicted molar refractivity (Wildman–Crippen MR) is 128 cm³/mol. The van der Waals surface area contributed by atoms with Crippen LogP contribution in [-0.2, 0) is 17.6 Å². The number of amides is 3. The second-order valence-corrected chi connectivity index (χ2v) is 7.78. The topological polar surface area (TPSA) is 79.9 Å². The van der Waals surface area contributed by atoms with Crippen molar-refractivity contribution in [3.05, 3.63) is 83.9 Å². The lowest BCUT2D eigenvalue weighted by Crippen LogP contribution is -2.50. The number of rotatable bonds is 7. The third kappa shape index (κ3) is 5.09. The Kier molecular flexibility index (Phi) is 6.78. The number of nitrogens with one attached hydrogen (secondary N) is 2. The first-order valence-corrected chi connectivity index (χ1v) is 10.8. The molecule has 0 radical (unpaired) electrons. The zero-order valence-corrected chi connectivity index (χ0v) is 18.7. The number of carbonyl (C=O) groups excluding carboxylic acids is 2. The average molecular weight is 446 g/mol. The predicted octanol–water partition coefficient (Wildman–Crippen LogP) is 4.03. The van der Waals surface area contributed by atoms with Crippen molar-refractivity contribution in [2.24, 2.45) is 0 Å². The van der Waals surface area contributed by atoms with Gasteiger partial charge < -0.3 is 25.0 Å². The van der Waals surface area contributed by atoms with Crippen LogP contribution in [0.2, 0.25) is 0 Å². The van der Waals surface area contributed by atoms with Crippen LogP contribution in [0.5, 0.6) is 11.5 Å². The minimum Gasteiger partial charge on any atom is -0.493 e. The van der Waals surface area contributed by atoms with Crippen LogP contribution in [0.3, 0.4) is 0 Å². The number of anilines is 2. The van der Waals surface area contributed by atoms with Crippen molar-refractivity contribution in [1.82, 2.24) is 5.32 Å². The molecule has 0 aromatic heterocycles. The standard InChI is InChI=1S/C26H27N3O4/c1-32-23-13-12-20(17-24(23)33-2)27-26(31)28-21(16-18-8-4-3-5-9-18)25(30)29-15-14-19-10-6-7-11-22(19)29/h3-13,17,21H,14-16H2,1-2H3,(H2,27,28,31)/t21-/m1/s1. The summed E-state index contributed by atoms with van der Waals surface area (Å²) in [5.41, 5.74) is 3.54. The molecule has 4 rings (SSSR count). The summed E-state index contributed by atoms with van der Waals surface area (Å²) in [4.78, 5) is 28.2. The number of fused-ring (bicyclic) bond motifs is 1. The Morgan fingerprint density at radius 1 is 0.939 bits per heavy atom. The summed E-state index contributed by atoms with van der Waals surface area (Å²) in [5.74, 6) is 0.931. The van der Waals surface area contributed by atoms with Crippen LogP contribution in [0.1, 0.15) is 11.1 Å². The molecule has 0 spiro atoms. The molecule has 2 N–H and O–H groups in total. The smallest absolute Gasteiger partial charge is 0.319 e. The zero-order valence-electron chi connectivity index (χ0n) is 18.7. The molecule has 0 aliphatic carbocycles. The van der Waals surface area contributed by atoms with Crippen LogP contribution < -0.4 is 25.0 Å². The van der Waals surface area contributed by atoms with E-state index in [9.17, 15) is 9.59 Å². The number of hydrogen-bond donors (Lipinski definition) is 2. The van der Waals surface area contributed by atoms with Crippen molar-refractivity contribution in [3.8, 4) is 11.5 Å². The van der Waals surface area contributed by atoms with Gasteiger partial charge in [-0.3, -0.25) is 4.79 Å². The van der Waals surface area contributed by atoms with Crippen molar-refractivity contribution in [2.45, 2.75) is 18.9 Å². The lowest BCUT2D eigenvalue weighted by molar-refractivity contribution is -0.120. The van der Waals surface area contributed by atoms with Crippen molar-refractivity contribution in [1.29, 1.82) is 0 Å². The van der Waals surface area contributed by atoms with Gasteiger partial charge in [-0.05, 0) is 35.7 Å². The molecular formula is C26H27N3O4. The second-order valence-electron chi connectivity index (χ2n) is 7.78. The van der Waals surface area contributed by atoms with Crippen LogP contribution in [0.25, 0.3) is 0 Å². The number of nitrogens with zero attached hydrogens (tertiary/aromatic N) is 1. The third-order valence-electron chi connectivity index (χ3n) is 5.68. The number of methoxy groups -OCH3 is 2. The summed E-state index contributed by atoms with van der Waals surface area (Å²) in [6.45, 7) is 0.600. The Morgan fingerprint density at radius 3 is 2.42 bits per heavy atom. The number of benzene rings is 3. The zero-order chi connectivity index (χ0) is 23.2. The van der Waals surface area contributed by atoms with Gasteiger partial charge in [0.15, 0.2) is 11.5 Å². The summed E-state index contributed by atoms with van der Waals surface area (Å²) < 4.78 is 10.5. The molecular weight excluding hydrogens is 418 g/mol. The fraction of sp³-hybridized carbons (Fsp3) is 0.231. The van der Waals surface area contributed by atoms with Gasteiger partial charge in [0, 0.05) is 30.4 Å². The van der Waals surface area contributed by atoms with E-state index >= 15 is 0 Å². The maximum atomic E-state index is 13.5. The van der Waals surface area contributed by atoms with E-state index in [-0.39, 0.29) is 5.91 Å². The van der Waals surface area contributed by atoms with Crippen LogP contribution in [-0.4, -0.2) is 38.7 Å². The number of para-hydroxylation sites is 1. The van der Waals surface area contributed by atoms with E-state index in [4.69, 9.17) is 9.47 Å². The molecule has 1 heterocycles. The van der Waals surface area contributed by atoms with Gasteiger partial charge in [-0.15, -0.1) is 0 Å². The highest BCUT2D eigenvalue weighted by Gasteiger charge is 2.31. The van der Waals surface area contributed by atoms with E-state index < -0.39 is 12.1 Å². The number of hydrogen-bond acceptors (Lipinski definition) is 4. The molecule has 3 aromatic carbocycles. The van der Waals surface area contributed by atoms with Gasteiger partial charge in [-0.2, -0.15) is 0 Å². The fourth-order valence-electron chi connectivity index (χ4n) is 4.04. The maximum absolute atomic E-state index is 13.5. The lowest BCUT2D eigenvalue weighted by atomic mass is 10.0. The van der Waals surface area contributed by atoms with Crippen molar-refractivity contribution < 1.29 is 19.1 Å². The molecule has 0 bridgehead atoms. The Morgan fingerprint density at radius 2 is 1.67 bits per heavy atom. The Balaban J connectivity index is 1.52. The van der Waals surface area contributed by atoms with Gasteiger partial charge >= 0.3 is 6.03 Å². The number of ether oxygens (including phenoxy) is 2. The summed E-state index contributed by atoms with van der Waals surface area (Å²) in [6, 6.07) is 21.5. The first-order chi connectivity index (χ1) is 16.1. The van der Waals surface area contributed by atoms with E-state index in [1.807, 2.05) is 54.6 Å². The summed E-state index contributed by atoms with van der Waals surface area (Å²) in [7, 11) is 3.08.